The predicted molar refractivity (Wildman–Crippen MR) is 132 cm³/mol. The lowest BCUT2D eigenvalue weighted by Crippen LogP contribution is -2.03. The fourth-order valence-electron chi connectivity index (χ4n) is 2.48. The molecule has 0 spiro atoms. The van der Waals surface area contributed by atoms with Crippen molar-refractivity contribution in [2.75, 3.05) is 19.8 Å². The van der Waals surface area contributed by atoms with Gasteiger partial charge in [0.25, 0.3) is 0 Å². The van der Waals surface area contributed by atoms with E-state index < -0.39 is 6.10 Å². The smallest absolute Gasteiger partial charge is 0.166 e. The van der Waals surface area contributed by atoms with Crippen LogP contribution in [0.4, 0.5) is 0 Å². The fraction of sp³-hybridized carbons (Fsp3) is 0.458. The Morgan fingerprint density at radius 2 is 1.48 bits per heavy atom. The molecular weight excluding hydrogens is 435 g/mol. The van der Waals surface area contributed by atoms with Crippen molar-refractivity contribution in [3.8, 4) is 17.6 Å². The molecule has 1 atom stereocenters. The number of halogens is 2. The molecule has 0 aliphatic carbocycles. The Morgan fingerprint density at radius 3 is 2.00 bits per heavy atom. The third-order valence-electron chi connectivity index (χ3n) is 4.16. The Morgan fingerprint density at radius 1 is 0.935 bits per heavy atom. The van der Waals surface area contributed by atoms with Crippen molar-refractivity contribution in [3.05, 3.63) is 59.7 Å². The zero-order chi connectivity index (χ0) is 21.3. The van der Waals surface area contributed by atoms with Gasteiger partial charge in [-0.25, -0.2) is 0 Å². The first-order chi connectivity index (χ1) is 14.1. The van der Waals surface area contributed by atoms with Crippen LogP contribution in [0.25, 0.3) is 0 Å². The molecule has 0 aliphatic heterocycles. The molecule has 0 radical (unpaired) electrons. The summed E-state index contributed by atoms with van der Waals surface area (Å²) in [6.45, 7) is 6.43. The molecule has 0 amide bonds. The molecule has 31 heavy (non-hydrogen) atoms. The monoisotopic (exact) mass is 470 g/mol. The molecule has 7 heteroatoms. The van der Waals surface area contributed by atoms with E-state index in [1.54, 1.807) is 24.3 Å². The number of rotatable bonds is 11. The van der Waals surface area contributed by atoms with E-state index in [2.05, 4.69) is 26.0 Å². The van der Waals surface area contributed by atoms with E-state index in [4.69, 9.17) is 20.5 Å². The van der Waals surface area contributed by atoms with Gasteiger partial charge in [-0.1, -0.05) is 51.0 Å². The Labute approximate surface area is 199 Å². The Bertz CT molecular complexity index is 739. The quantitative estimate of drug-likeness (QED) is 0.327. The molecule has 0 bridgehead atoms. The highest BCUT2D eigenvalue weighted by atomic mass is 35.5. The highest BCUT2D eigenvalue weighted by molar-refractivity contribution is 5.85. The highest BCUT2D eigenvalue weighted by Crippen LogP contribution is 2.19. The normalized spacial score (nSPS) is 10.3. The summed E-state index contributed by atoms with van der Waals surface area (Å²) in [5, 5.41) is 17.9. The molecule has 0 saturated carbocycles. The van der Waals surface area contributed by atoms with Crippen LogP contribution in [0, 0.1) is 11.3 Å². The number of unbranched alkanes of at least 4 members (excludes halogenated alkanes) is 2. The largest absolute Gasteiger partial charge is 0.494 e. The maximum Gasteiger partial charge on any atom is 0.166 e. The number of nitriles is 1. The van der Waals surface area contributed by atoms with Gasteiger partial charge in [0.15, 0.2) is 6.10 Å². The predicted octanol–water partition coefficient (Wildman–Crippen LogP) is 5.63. The minimum Gasteiger partial charge on any atom is -0.494 e. The topological polar surface area (TPSA) is 88.5 Å². The van der Waals surface area contributed by atoms with Gasteiger partial charge in [0.1, 0.15) is 11.5 Å². The van der Waals surface area contributed by atoms with E-state index >= 15 is 0 Å². The van der Waals surface area contributed by atoms with E-state index in [-0.39, 0.29) is 24.8 Å². The third-order valence-corrected chi connectivity index (χ3v) is 4.16. The van der Waals surface area contributed by atoms with E-state index in [0.29, 0.717) is 24.5 Å². The second-order valence-electron chi connectivity index (χ2n) is 6.69. The number of ether oxygens (including phenoxy) is 2. The van der Waals surface area contributed by atoms with Crippen molar-refractivity contribution < 1.29 is 14.6 Å². The summed E-state index contributed by atoms with van der Waals surface area (Å²) >= 11 is 0. The summed E-state index contributed by atoms with van der Waals surface area (Å²) in [5.41, 5.74) is 7.32. The molecule has 0 aromatic heterocycles. The molecule has 2 aromatic carbocycles. The number of hydrogen-bond donors (Lipinski definition) is 2. The van der Waals surface area contributed by atoms with Gasteiger partial charge in [-0.05, 0) is 61.2 Å². The summed E-state index contributed by atoms with van der Waals surface area (Å²) in [6, 6.07) is 17.0. The summed E-state index contributed by atoms with van der Waals surface area (Å²) in [6.07, 6.45) is 4.22. The van der Waals surface area contributed by atoms with Crippen LogP contribution >= 0.6 is 24.8 Å². The lowest BCUT2D eigenvalue weighted by molar-refractivity contribution is 0.234. The number of nitrogens with two attached hydrogens (primary N) is 1. The zero-order valence-corrected chi connectivity index (χ0v) is 20.1. The number of aliphatic hydroxyl groups is 1. The summed E-state index contributed by atoms with van der Waals surface area (Å²) in [7, 11) is 0. The molecule has 174 valence electrons. The Kier molecular flexibility index (Phi) is 20.1. The number of nitrogens with zero attached hydrogens (tertiary/aromatic N) is 1. The van der Waals surface area contributed by atoms with Crippen LogP contribution < -0.4 is 15.2 Å². The minimum atomic E-state index is -1.07. The van der Waals surface area contributed by atoms with Crippen molar-refractivity contribution in [3.63, 3.8) is 0 Å². The molecule has 0 saturated heterocycles. The molecule has 1 unspecified atom stereocenters. The van der Waals surface area contributed by atoms with Crippen molar-refractivity contribution in [2.24, 2.45) is 5.73 Å². The average molecular weight is 471 g/mol. The molecule has 2 aromatic rings. The summed E-state index contributed by atoms with van der Waals surface area (Å²) in [4.78, 5) is 0. The van der Waals surface area contributed by atoms with E-state index in [1.165, 1.54) is 12.0 Å². The minimum absolute atomic E-state index is 0. The van der Waals surface area contributed by atoms with Gasteiger partial charge in [0.2, 0.25) is 0 Å². The summed E-state index contributed by atoms with van der Waals surface area (Å²) in [5.74, 6) is 1.67. The molecule has 2 rings (SSSR count). The van der Waals surface area contributed by atoms with Crippen molar-refractivity contribution >= 4 is 24.8 Å². The Hall–Kier alpha value is -1.97. The van der Waals surface area contributed by atoms with Gasteiger partial charge in [-0.2, -0.15) is 5.26 Å². The molecule has 0 aliphatic rings. The van der Waals surface area contributed by atoms with Gasteiger partial charge in [0, 0.05) is 0 Å². The first kappa shape index (κ1) is 31.2. The third kappa shape index (κ3) is 13.9. The maximum absolute atomic E-state index is 9.31. The number of benzene rings is 2. The van der Waals surface area contributed by atoms with Crippen molar-refractivity contribution in [1.29, 1.82) is 5.26 Å². The van der Waals surface area contributed by atoms with E-state index in [0.717, 1.165) is 38.0 Å². The van der Waals surface area contributed by atoms with Crippen LogP contribution in [0.1, 0.15) is 56.8 Å². The van der Waals surface area contributed by atoms with Crippen molar-refractivity contribution in [1.82, 2.24) is 0 Å². The first-order valence-electron chi connectivity index (χ1n) is 10.4. The molecule has 0 heterocycles. The van der Waals surface area contributed by atoms with E-state index in [1.807, 2.05) is 18.2 Å². The molecule has 3 N–H and O–H groups in total. The van der Waals surface area contributed by atoms with Crippen LogP contribution in [0.2, 0.25) is 0 Å². The Balaban J connectivity index is 0. The highest BCUT2D eigenvalue weighted by Gasteiger charge is 2.06. The van der Waals surface area contributed by atoms with Gasteiger partial charge in [0.05, 0.1) is 19.3 Å². The van der Waals surface area contributed by atoms with Crippen LogP contribution in [0.3, 0.4) is 0 Å². The molecular formula is C24H36Cl2N2O3. The standard InChI is InChI=1S/C12H15NO2.C12H19NO.2ClH/c1-2-3-7-15-11-6-4-5-10(8-11)12(14)9-13;1-2-3-9-14-12-6-4-5-11(10-12)7-8-13;;/h4-6,8,12,14H,2-3,7H2,1H3;4-6,10H,2-3,7-9,13H2,1H3;2*1H. The average Bonchev–Trinajstić information content (AvgIpc) is 2.75. The van der Waals surface area contributed by atoms with Crippen LogP contribution in [0.15, 0.2) is 48.5 Å². The molecule has 0 fully saturated rings. The van der Waals surface area contributed by atoms with Gasteiger partial charge in [-0.3, -0.25) is 0 Å². The molecule has 5 nitrogen and oxygen atoms in total. The van der Waals surface area contributed by atoms with Crippen LogP contribution in [0.5, 0.6) is 11.5 Å². The van der Waals surface area contributed by atoms with Crippen LogP contribution in [-0.2, 0) is 6.42 Å². The van der Waals surface area contributed by atoms with Crippen molar-refractivity contribution in [2.45, 2.75) is 52.1 Å². The second kappa shape index (κ2) is 20.0. The zero-order valence-electron chi connectivity index (χ0n) is 18.5. The lowest BCUT2D eigenvalue weighted by Gasteiger charge is -2.07. The lowest BCUT2D eigenvalue weighted by atomic mass is 10.1. The number of aliphatic hydroxyl groups excluding tert-OH is 1. The van der Waals surface area contributed by atoms with Gasteiger partial charge < -0.3 is 20.3 Å². The second-order valence-corrected chi connectivity index (χ2v) is 6.69. The maximum atomic E-state index is 9.31. The first-order valence-corrected chi connectivity index (χ1v) is 10.4. The van der Waals surface area contributed by atoms with Gasteiger partial charge in [-0.15, -0.1) is 24.8 Å². The number of hydrogen-bond acceptors (Lipinski definition) is 5. The fourth-order valence-corrected chi connectivity index (χ4v) is 2.48. The van der Waals surface area contributed by atoms with Gasteiger partial charge >= 0.3 is 0 Å². The summed E-state index contributed by atoms with van der Waals surface area (Å²) < 4.78 is 11.1. The van der Waals surface area contributed by atoms with E-state index in [9.17, 15) is 5.11 Å². The SMILES string of the molecule is CCCCOc1cccc(C(O)C#N)c1.CCCCOc1cccc(CCN)c1.Cl.Cl. The van der Waals surface area contributed by atoms with Crippen LogP contribution in [-0.4, -0.2) is 24.9 Å².